The van der Waals surface area contributed by atoms with Gasteiger partial charge in [-0.3, -0.25) is 4.79 Å². The third-order valence-electron chi connectivity index (χ3n) is 3.93. The Kier molecular flexibility index (Phi) is 5.12. The van der Waals surface area contributed by atoms with Crippen molar-refractivity contribution in [1.82, 2.24) is 10.2 Å². The van der Waals surface area contributed by atoms with E-state index < -0.39 is 0 Å². The monoisotopic (exact) mass is 278 g/mol. The summed E-state index contributed by atoms with van der Waals surface area (Å²) in [7, 11) is 0. The third kappa shape index (κ3) is 3.57. The van der Waals surface area contributed by atoms with E-state index in [1.165, 1.54) is 18.9 Å². The van der Waals surface area contributed by atoms with Gasteiger partial charge in [-0.15, -0.1) is 0 Å². The zero-order chi connectivity index (χ0) is 14.5. The van der Waals surface area contributed by atoms with Crippen LogP contribution in [0.5, 0.6) is 0 Å². The second-order valence-corrected chi connectivity index (χ2v) is 5.45. The minimum Gasteiger partial charge on any atom is -0.337 e. The van der Waals surface area contributed by atoms with Crippen LogP contribution in [0.3, 0.4) is 0 Å². The summed E-state index contributed by atoms with van der Waals surface area (Å²) in [5.41, 5.74) is 1.09. The van der Waals surface area contributed by atoms with Crippen molar-refractivity contribution in [2.24, 2.45) is 0 Å². The maximum absolute atomic E-state index is 13.3. The molecular weight excluding hydrogens is 255 g/mol. The Morgan fingerprint density at radius 2 is 2.25 bits per heavy atom. The van der Waals surface area contributed by atoms with Crippen LogP contribution in [0.1, 0.15) is 42.1 Å². The van der Waals surface area contributed by atoms with Crippen LogP contribution in [0.15, 0.2) is 18.2 Å². The summed E-state index contributed by atoms with van der Waals surface area (Å²) in [5.74, 6) is -0.276. The molecule has 1 N–H and O–H groups in total. The standard InChI is InChI=1S/C16H23FN2O/c1-3-19(11-14-6-4-5-9-18-14)16(20)13-7-8-15(17)12(2)10-13/h7-8,10,14,18H,3-6,9,11H2,1-2H3. The Hall–Kier alpha value is -1.42. The Morgan fingerprint density at radius 1 is 1.45 bits per heavy atom. The first-order valence-electron chi connectivity index (χ1n) is 7.40. The molecule has 1 fully saturated rings. The normalized spacial score (nSPS) is 18.9. The molecule has 0 spiro atoms. The molecule has 1 amide bonds. The highest BCUT2D eigenvalue weighted by Crippen LogP contribution is 2.14. The fourth-order valence-electron chi connectivity index (χ4n) is 2.66. The van der Waals surface area contributed by atoms with Gasteiger partial charge in [0.25, 0.3) is 5.91 Å². The molecule has 1 saturated heterocycles. The molecule has 0 radical (unpaired) electrons. The van der Waals surface area contributed by atoms with Crippen molar-refractivity contribution < 1.29 is 9.18 Å². The van der Waals surface area contributed by atoms with Gasteiger partial charge in [-0.05, 0) is 57.0 Å². The van der Waals surface area contributed by atoms with Crippen LogP contribution in [0.2, 0.25) is 0 Å². The maximum atomic E-state index is 13.3. The van der Waals surface area contributed by atoms with E-state index >= 15 is 0 Å². The molecule has 0 bridgehead atoms. The minimum absolute atomic E-state index is 0.0111. The summed E-state index contributed by atoms with van der Waals surface area (Å²) < 4.78 is 13.3. The van der Waals surface area contributed by atoms with Gasteiger partial charge in [0.1, 0.15) is 5.82 Å². The second kappa shape index (κ2) is 6.84. The van der Waals surface area contributed by atoms with E-state index in [-0.39, 0.29) is 11.7 Å². The second-order valence-electron chi connectivity index (χ2n) is 5.45. The summed E-state index contributed by atoms with van der Waals surface area (Å²) in [6.07, 6.45) is 3.55. The lowest BCUT2D eigenvalue weighted by Gasteiger charge is -2.30. The number of likely N-dealkylation sites (N-methyl/N-ethyl adjacent to an activating group) is 1. The number of rotatable bonds is 4. The van der Waals surface area contributed by atoms with E-state index in [0.29, 0.717) is 23.7 Å². The fourth-order valence-corrected chi connectivity index (χ4v) is 2.66. The Balaban J connectivity index is 2.05. The largest absolute Gasteiger partial charge is 0.337 e. The molecule has 110 valence electrons. The molecule has 1 aromatic carbocycles. The van der Waals surface area contributed by atoms with E-state index in [9.17, 15) is 9.18 Å². The van der Waals surface area contributed by atoms with Crippen molar-refractivity contribution in [2.75, 3.05) is 19.6 Å². The van der Waals surface area contributed by atoms with Gasteiger partial charge in [-0.25, -0.2) is 4.39 Å². The highest BCUT2D eigenvalue weighted by Gasteiger charge is 2.20. The van der Waals surface area contributed by atoms with Gasteiger partial charge in [0.05, 0.1) is 0 Å². The summed E-state index contributed by atoms with van der Waals surface area (Å²) in [6, 6.07) is 4.96. The van der Waals surface area contributed by atoms with Gasteiger partial charge < -0.3 is 10.2 Å². The van der Waals surface area contributed by atoms with Crippen molar-refractivity contribution >= 4 is 5.91 Å². The van der Waals surface area contributed by atoms with E-state index in [4.69, 9.17) is 0 Å². The number of carbonyl (C=O) groups excluding carboxylic acids is 1. The summed E-state index contributed by atoms with van der Waals surface area (Å²) >= 11 is 0. The molecule has 3 nitrogen and oxygen atoms in total. The van der Waals surface area contributed by atoms with Gasteiger partial charge in [0.2, 0.25) is 0 Å². The van der Waals surface area contributed by atoms with Gasteiger partial charge in [-0.2, -0.15) is 0 Å². The topological polar surface area (TPSA) is 32.3 Å². The molecular formula is C16H23FN2O. The highest BCUT2D eigenvalue weighted by atomic mass is 19.1. The lowest BCUT2D eigenvalue weighted by molar-refractivity contribution is 0.0741. The van der Waals surface area contributed by atoms with Gasteiger partial charge in [0.15, 0.2) is 0 Å². The molecule has 2 rings (SSSR count). The number of piperidine rings is 1. The molecule has 1 aliphatic heterocycles. The molecule has 20 heavy (non-hydrogen) atoms. The number of benzene rings is 1. The van der Waals surface area contributed by atoms with Crippen molar-refractivity contribution in [2.45, 2.75) is 39.2 Å². The number of halogens is 1. The molecule has 0 aliphatic carbocycles. The van der Waals surface area contributed by atoms with E-state index in [1.807, 2.05) is 11.8 Å². The molecule has 1 heterocycles. The molecule has 1 aromatic rings. The number of aryl methyl sites for hydroxylation is 1. The van der Waals surface area contributed by atoms with Crippen LogP contribution in [-0.4, -0.2) is 36.5 Å². The van der Waals surface area contributed by atoms with Crippen molar-refractivity contribution in [3.05, 3.63) is 35.1 Å². The lowest BCUT2D eigenvalue weighted by atomic mass is 10.0. The number of hydrogen-bond acceptors (Lipinski definition) is 2. The molecule has 1 atom stereocenters. The van der Waals surface area contributed by atoms with E-state index in [0.717, 1.165) is 19.5 Å². The number of carbonyl (C=O) groups is 1. The average Bonchev–Trinajstić information content (AvgIpc) is 2.48. The van der Waals surface area contributed by atoms with Gasteiger partial charge >= 0.3 is 0 Å². The van der Waals surface area contributed by atoms with Gasteiger partial charge in [0, 0.05) is 24.7 Å². The van der Waals surface area contributed by atoms with Gasteiger partial charge in [-0.1, -0.05) is 6.42 Å². The predicted molar refractivity (Wildman–Crippen MR) is 78.4 cm³/mol. The molecule has 1 unspecified atom stereocenters. The van der Waals surface area contributed by atoms with Crippen LogP contribution >= 0.6 is 0 Å². The smallest absolute Gasteiger partial charge is 0.253 e. The average molecular weight is 278 g/mol. The Bertz CT molecular complexity index is 470. The van der Waals surface area contributed by atoms with Crippen molar-refractivity contribution in [3.63, 3.8) is 0 Å². The summed E-state index contributed by atoms with van der Waals surface area (Å²) in [4.78, 5) is 14.3. The highest BCUT2D eigenvalue weighted by molar-refractivity contribution is 5.94. The zero-order valence-corrected chi connectivity index (χ0v) is 12.3. The number of nitrogens with zero attached hydrogens (tertiary/aromatic N) is 1. The maximum Gasteiger partial charge on any atom is 0.253 e. The minimum atomic E-state index is -0.265. The number of hydrogen-bond donors (Lipinski definition) is 1. The van der Waals surface area contributed by atoms with Crippen LogP contribution in [0.4, 0.5) is 4.39 Å². The molecule has 0 aromatic heterocycles. The van der Waals surface area contributed by atoms with Crippen LogP contribution in [-0.2, 0) is 0 Å². The number of nitrogens with one attached hydrogen (secondary N) is 1. The SMILES string of the molecule is CCN(CC1CCCCN1)C(=O)c1ccc(F)c(C)c1. The van der Waals surface area contributed by atoms with Crippen molar-refractivity contribution in [1.29, 1.82) is 0 Å². The molecule has 0 saturated carbocycles. The van der Waals surface area contributed by atoms with E-state index in [1.54, 1.807) is 19.1 Å². The molecule has 4 heteroatoms. The lowest BCUT2D eigenvalue weighted by Crippen LogP contribution is -2.45. The predicted octanol–water partition coefficient (Wildman–Crippen LogP) is 2.74. The van der Waals surface area contributed by atoms with E-state index in [2.05, 4.69) is 5.32 Å². The fraction of sp³-hybridized carbons (Fsp3) is 0.562. The first-order chi connectivity index (χ1) is 9.61. The van der Waals surface area contributed by atoms with Crippen LogP contribution < -0.4 is 5.32 Å². The molecule has 1 aliphatic rings. The summed E-state index contributed by atoms with van der Waals surface area (Å²) in [5, 5.41) is 3.46. The Morgan fingerprint density at radius 3 is 2.85 bits per heavy atom. The first-order valence-corrected chi connectivity index (χ1v) is 7.40. The zero-order valence-electron chi connectivity index (χ0n) is 12.3. The third-order valence-corrected chi connectivity index (χ3v) is 3.93. The Labute approximate surface area is 120 Å². The van der Waals surface area contributed by atoms with Crippen molar-refractivity contribution in [3.8, 4) is 0 Å². The summed E-state index contributed by atoms with van der Waals surface area (Å²) in [6.45, 7) is 6.10. The first kappa shape index (κ1) is 15.0. The van der Waals surface area contributed by atoms with Crippen LogP contribution in [0.25, 0.3) is 0 Å². The van der Waals surface area contributed by atoms with Crippen LogP contribution in [0, 0.1) is 12.7 Å². The quantitative estimate of drug-likeness (QED) is 0.918. The number of amides is 1.